The molecular weight excluding hydrogens is 180 g/mol. The van der Waals surface area contributed by atoms with Crippen molar-refractivity contribution in [2.75, 3.05) is 0 Å². The van der Waals surface area contributed by atoms with Crippen LogP contribution in [0.2, 0.25) is 0 Å². The van der Waals surface area contributed by atoms with Gasteiger partial charge in [0.25, 0.3) is 0 Å². The Bertz CT molecular complexity index is 353. The average Bonchev–Trinajstić information content (AvgIpc) is 2.22. The van der Waals surface area contributed by atoms with Crippen LogP contribution in [0.4, 0.5) is 5.69 Å². The molecule has 4 nitrogen and oxygen atoms in total. The summed E-state index contributed by atoms with van der Waals surface area (Å²) in [6.45, 7) is 1.88. The van der Waals surface area contributed by atoms with E-state index in [1.165, 1.54) is 0 Å². The molecule has 0 aromatic heterocycles. The Kier molecular flexibility index (Phi) is 3.67. The van der Waals surface area contributed by atoms with Crippen LogP contribution >= 0.6 is 0 Å². The summed E-state index contributed by atoms with van der Waals surface area (Å²) in [4.78, 5) is 20.5. The standard InChI is InChI=1S/C10H10N2O2/c1-8-4-2-3-5-10(8)12-11-9(6-13)7-14/h2-7,9H,1H3. The van der Waals surface area contributed by atoms with Gasteiger partial charge in [0.2, 0.25) is 0 Å². The van der Waals surface area contributed by atoms with Gasteiger partial charge in [-0.15, -0.1) is 0 Å². The molecule has 0 heterocycles. The van der Waals surface area contributed by atoms with Crippen molar-refractivity contribution in [2.24, 2.45) is 10.2 Å². The zero-order valence-corrected chi connectivity index (χ0v) is 7.75. The van der Waals surface area contributed by atoms with Gasteiger partial charge in [0, 0.05) is 0 Å². The number of rotatable bonds is 4. The fourth-order valence-corrected chi connectivity index (χ4v) is 0.891. The van der Waals surface area contributed by atoms with Crippen molar-refractivity contribution in [3.63, 3.8) is 0 Å². The van der Waals surface area contributed by atoms with E-state index in [1.807, 2.05) is 25.1 Å². The summed E-state index contributed by atoms with van der Waals surface area (Å²) in [6, 6.07) is 6.36. The number of carbonyl (C=O) groups excluding carboxylic acids is 2. The molecule has 0 radical (unpaired) electrons. The van der Waals surface area contributed by atoms with E-state index in [0.29, 0.717) is 18.3 Å². The van der Waals surface area contributed by atoms with Gasteiger partial charge < -0.3 is 9.59 Å². The average molecular weight is 190 g/mol. The molecule has 0 saturated heterocycles. The fraction of sp³-hybridized carbons (Fsp3) is 0.200. The lowest BCUT2D eigenvalue weighted by Gasteiger charge is -1.97. The summed E-state index contributed by atoms with van der Waals surface area (Å²) in [5, 5.41) is 7.39. The number of aryl methyl sites for hydroxylation is 1. The van der Waals surface area contributed by atoms with E-state index in [-0.39, 0.29) is 0 Å². The van der Waals surface area contributed by atoms with Crippen LogP contribution in [0.25, 0.3) is 0 Å². The molecule has 0 spiro atoms. The van der Waals surface area contributed by atoms with E-state index in [4.69, 9.17) is 0 Å². The molecule has 0 amide bonds. The monoisotopic (exact) mass is 190 g/mol. The second-order valence-electron chi connectivity index (χ2n) is 2.76. The maximum atomic E-state index is 10.3. The Labute approximate surface area is 81.7 Å². The second kappa shape index (κ2) is 5.01. The molecule has 1 aromatic carbocycles. The van der Waals surface area contributed by atoms with Crippen molar-refractivity contribution in [3.05, 3.63) is 29.8 Å². The molecule has 72 valence electrons. The number of hydrogen-bond donors (Lipinski definition) is 0. The molecular formula is C10H10N2O2. The first-order valence-electron chi connectivity index (χ1n) is 4.15. The molecule has 1 aromatic rings. The first-order chi connectivity index (χ1) is 6.77. The zero-order chi connectivity index (χ0) is 10.4. The topological polar surface area (TPSA) is 58.9 Å². The highest BCUT2D eigenvalue weighted by molar-refractivity contribution is 5.82. The summed E-state index contributed by atoms with van der Waals surface area (Å²) in [6.07, 6.45) is 0.906. The number of carbonyl (C=O) groups is 2. The van der Waals surface area contributed by atoms with Gasteiger partial charge in [-0.05, 0) is 18.6 Å². The van der Waals surface area contributed by atoms with E-state index >= 15 is 0 Å². The third-order valence-electron chi connectivity index (χ3n) is 1.69. The maximum Gasteiger partial charge on any atom is 0.181 e. The Morgan fingerprint density at radius 2 is 1.86 bits per heavy atom. The normalized spacial score (nSPS) is 10.7. The molecule has 0 unspecified atom stereocenters. The molecule has 0 aliphatic heterocycles. The molecule has 0 aliphatic carbocycles. The molecule has 1 rings (SSSR count). The van der Waals surface area contributed by atoms with Crippen LogP contribution in [0.5, 0.6) is 0 Å². The highest BCUT2D eigenvalue weighted by Crippen LogP contribution is 2.17. The third-order valence-corrected chi connectivity index (χ3v) is 1.69. The van der Waals surface area contributed by atoms with Crippen molar-refractivity contribution in [1.82, 2.24) is 0 Å². The van der Waals surface area contributed by atoms with Crippen molar-refractivity contribution >= 4 is 18.3 Å². The Balaban J connectivity index is 2.82. The van der Waals surface area contributed by atoms with Gasteiger partial charge in [-0.1, -0.05) is 18.2 Å². The summed E-state index contributed by atoms with van der Waals surface area (Å²) in [5.74, 6) is 0. The van der Waals surface area contributed by atoms with Crippen molar-refractivity contribution < 1.29 is 9.59 Å². The van der Waals surface area contributed by atoms with Crippen LogP contribution in [-0.2, 0) is 9.59 Å². The van der Waals surface area contributed by atoms with E-state index in [1.54, 1.807) is 6.07 Å². The van der Waals surface area contributed by atoms with Crippen LogP contribution in [0.3, 0.4) is 0 Å². The predicted molar refractivity (Wildman–Crippen MR) is 51.6 cm³/mol. The molecule has 14 heavy (non-hydrogen) atoms. The highest BCUT2D eigenvalue weighted by Gasteiger charge is 2.01. The van der Waals surface area contributed by atoms with E-state index in [9.17, 15) is 9.59 Å². The molecule has 0 fully saturated rings. The van der Waals surface area contributed by atoms with Crippen LogP contribution in [0, 0.1) is 6.92 Å². The van der Waals surface area contributed by atoms with E-state index in [2.05, 4.69) is 10.2 Å². The third kappa shape index (κ3) is 2.58. The Morgan fingerprint density at radius 1 is 1.21 bits per heavy atom. The number of nitrogens with zero attached hydrogens (tertiary/aromatic N) is 2. The lowest BCUT2D eigenvalue weighted by molar-refractivity contribution is -0.116. The van der Waals surface area contributed by atoms with Crippen LogP contribution in [-0.4, -0.2) is 18.6 Å². The number of benzene rings is 1. The van der Waals surface area contributed by atoms with Crippen LogP contribution < -0.4 is 0 Å². The van der Waals surface area contributed by atoms with Gasteiger partial charge in [-0.3, -0.25) is 0 Å². The zero-order valence-electron chi connectivity index (χ0n) is 7.75. The lowest BCUT2D eigenvalue weighted by Crippen LogP contribution is -2.05. The van der Waals surface area contributed by atoms with Gasteiger partial charge in [-0.2, -0.15) is 10.2 Å². The minimum absolute atomic E-state index is 0.453. The number of azo groups is 1. The van der Waals surface area contributed by atoms with E-state index in [0.717, 1.165) is 5.56 Å². The van der Waals surface area contributed by atoms with Gasteiger partial charge >= 0.3 is 0 Å². The molecule has 4 heteroatoms. The van der Waals surface area contributed by atoms with Gasteiger partial charge in [-0.25, -0.2) is 0 Å². The Hall–Kier alpha value is -1.84. The van der Waals surface area contributed by atoms with E-state index < -0.39 is 6.04 Å². The van der Waals surface area contributed by atoms with Crippen molar-refractivity contribution in [3.8, 4) is 0 Å². The van der Waals surface area contributed by atoms with Gasteiger partial charge in [0.05, 0.1) is 5.69 Å². The quantitative estimate of drug-likeness (QED) is 0.413. The largest absolute Gasteiger partial charge is 0.300 e. The van der Waals surface area contributed by atoms with Crippen molar-refractivity contribution in [1.29, 1.82) is 0 Å². The van der Waals surface area contributed by atoms with Gasteiger partial charge in [0.1, 0.15) is 0 Å². The first-order valence-corrected chi connectivity index (χ1v) is 4.15. The number of hydrogen-bond acceptors (Lipinski definition) is 4. The smallest absolute Gasteiger partial charge is 0.181 e. The Morgan fingerprint density at radius 3 is 2.43 bits per heavy atom. The maximum absolute atomic E-state index is 10.3. The summed E-state index contributed by atoms with van der Waals surface area (Å²) in [7, 11) is 0. The van der Waals surface area contributed by atoms with Gasteiger partial charge in [0.15, 0.2) is 18.6 Å². The number of aldehydes is 2. The lowest BCUT2D eigenvalue weighted by atomic mass is 10.2. The highest BCUT2D eigenvalue weighted by atomic mass is 16.1. The minimum atomic E-state index is -0.991. The first kappa shape index (κ1) is 10.2. The second-order valence-corrected chi connectivity index (χ2v) is 2.76. The summed E-state index contributed by atoms with van der Waals surface area (Å²) in [5.41, 5.74) is 1.62. The molecule has 0 N–H and O–H groups in total. The minimum Gasteiger partial charge on any atom is -0.300 e. The van der Waals surface area contributed by atoms with Crippen molar-refractivity contribution in [2.45, 2.75) is 13.0 Å². The SMILES string of the molecule is Cc1ccccc1N=NC(C=O)C=O. The fourth-order valence-electron chi connectivity index (χ4n) is 0.891. The molecule has 0 atom stereocenters. The summed E-state index contributed by atoms with van der Waals surface area (Å²) < 4.78 is 0. The van der Waals surface area contributed by atoms with Crippen LogP contribution in [0.15, 0.2) is 34.5 Å². The molecule has 0 saturated carbocycles. The molecule has 0 aliphatic rings. The van der Waals surface area contributed by atoms with Crippen LogP contribution in [0.1, 0.15) is 5.56 Å². The predicted octanol–water partition coefficient (Wildman–Crippen LogP) is 1.85. The summed E-state index contributed by atoms with van der Waals surface area (Å²) >= 11 is 0. The molecule has 0 bridgehead atoms.